The second-order valence-electron chi connectivity index (χ2n) is 6.24. The maximum atomic E-state index is 12.6. The number of carbonyl (C=O) groups is 1. The summed E-state index contributed by atoms with van der Waals surface area (Å²) in [5, 5.41) is 10.2. The van der Waals surface area contributed by atoms with E-state index < -0.39 is 0 Å². The number of aromatic amines is 1. The molecule has 0 saturated carbocycles. The van der Waals surface area contributed by atoms with E-state index in [1.54, 1.807) is 12.0 Å². The molecule has 0 radical (unpaired) electrons. The predicted molar refractivity (Wildman–Crippen MR) is 85.6 cm³/mol. The van der Waals surface area contributed by atoms with Crippen molar-refractivity contribution in [2.45, 2.75) is 38.3 Å². The number of hydrogen-bond acceptors (Lipinski definition) is 5. The zero-order valence-electron chi connectivity index (χ0n) is 13.6. The third kappa shape index (κ3) is 2.68. The second kappa shape index (κ2) is 6.10. The Hall–Kier alpha value is -2.64. The average Bonchev–Trinajstić information content (AvgIpc) is 3.08. The van der Waals surface area contributed by atoms with Crippen molar-refractivity contribution < 1.29 is 9.53 Å². The summed E-state index contributed by atoms with van der Waals surface area (Å²) < 4.78 is 5.30. The quantitative estimate of drug-likeness (QED) is 0.851. The third-order valence-electron chi connectivity index (χ3n) is 4.79. The van der Waals surface area contributed by atoms with Gasteiger partial charge in [-0.2, -0.15) is 5.10 Å². The summed E-state index contributed by atoms with van der Waals surface area (Å²) in [6, 6.07) is 0.112. The first-order valence-electron chi connectivity index (χ1n) is 8.18. The molecule has 0 spiro atoms. The highest BCUT2D eigenvalue weighted by atomic mass is 16.5. The number of aryl methyl sites for hydroxylation is 1. The Kier molecular flexibility index (Phi) is 3.79. The number of ether oxygens (including phenoxy) is 1. The Balaban J connectivity index is 1.43. The average molecular weight is 328 g/mol. The van der Waals surface area contributed by atoms with Gasteiger partial charge in [0.2, 0.25) is 5.88 Å². The maximum Gasteiger partial charge on any atom is 0.317 e. The summed E-state index contributed by atoms with van der Waals surface area (Å²) in [5.74, 6) is 0.554. The molecule has 2 aromatic rings. The van der Waals surface area contributed by atoms with Crippen LogP contribution in [-0.2, 0) is 25.8 Å². The van der Waals surface area contributed by atoms with Gasteiger partial charge in [-0.05, 0) is 24.8 Å². The molecule has 4 rings (SSSR count). The van der Waals surface area contributed by atoms with Crippen LogP contribution in [0.25, 0.3) is 0 Å². The van der Waals surface area contributed by atoms with Crippen LogP contribution < -0.4 is 10.1 Å². The van der Waals surface area contributed by atoms with E-state index in [0.717, 1.165) is 36.9 Å². The zero-order chi connectivity index (χ0) is 16.5. The third-order valence-corrected chi connectivity index (χ3v) is 4.79. The van der Waals surface area contributed by atoms with E-state index in [0.29, 0.717) is 19.0 Å². The molecule has 0 fully saturated rings. The first-order valence-corrected chi connectivity index (χ1v) is 8.18. The number of aromatic nitrogens is 4. The molecule has 0 aromatic carbocycles. The number of nitrogens with one attached hydrogen (secondary N) is 2. The number of H-pyrrole nitrogens is 1. The van der Waals surface area contributed by atoms with Gasteiger partial charge in [0, 0.05) is 24.7 Å². The second-order valence-corrected chi connectivity index (χ2v) is 6.24. The van der Waals surface area contributed by atoms with Crippen molar-refractivity contribution >= 4 is 6.03 Å². The Labute approximate surface area is 139 Å². The van der Waals surface area contributed by atoms with Crippen LogP contribution in [0.2, 0.25) is 0 Å². The monoisotopic (exact) mass is 328 g/mol. The van der Waals surface area contributed by atoms with Crippen molar-refractivity contribution in [3.63, 3.8) is 0 Å². The first-order chi connectivity index (χ1) is 11.7. The van der Waals surface area contributed by atoms with Gasteiger partial charge in [0.25, 0.3) is 0 Å². The molecular weight excluding hydrogens is 308 g/mol. The topological polar surface area (TPSA) is 96.0 Å². The molecule has 8 nitrogen and oxygen atoms in total. The van der Waals surface area contributed by atoms with Crippen LogP contribution in [0.5, 0.6) is 5.88 Å². The normalized spacial score (nSPS) is 19.4. The molecule has 24 heavy (non-hydrogen) atoms. The predicted octanol–water partition coefficient (Wildman–Crippen LogP) is 0.833. The summed E-state index contributed by atoms with van der Waals surface area (Å²) in [4.78, 5) is 22.9. The van der Waals surface area contributed by atoms with Crippen LogP contribution in [0.3, 0.4) is 0 Å². The van der Waals surface area contributed by atoms with Gasteiger partial charge in [0.15, 0.2) is 0 Å². The Morgan fingerprint density at radius 3 is 3.21 bits per heavy atom. The Morgan fingerprint density at radius 2 is 2.33 bits per heavy atom. The minimum absolute atomic E-state index is 0.0384. The van der Waals surface area contributed by atoms with Crippen molar-refractivity contribution in [2.75, 3.05) is 13.7 Å². The van der Waals surface area contributed by atoms with Crippen molar-refractivity contribution in [1.29, 1.82) is 0 Å². The molecule has 2 aliphatic rings. The lowest BCUT2D eigenvalue weighted by Crippen LogP contribution is -2.48. The number of hydrogen-bond donors (Lipinski definition) is 2. The summed E-state index contributed by atoms with van der Waals surface area (Å²) >= 11 is 0. The van der Waals surface area contributed by atoms with E-state index in [1.165, 1.54) is 17.6 Å². The van der Waals surface area contributed by atoms with Gasteiger partial charge in [-0.15, -0.1) is 0 Å². The minimum Gasteiger partial charge on any atom is -0.481 e. The van der Waals surface area contributed by atoms with E-state index in [1.807, 2.05) is 6.20 Å². The van der Waals surface area contributed by atoms with Crippen LogP contribution in [0.15, 0.2) is 12.5 Å². The minimum atomic E-state index is -0.0384. The molecule has 2 amide bonds. The van der Waals surface area contributed by atoms with Crippen LogP contribution in [0, 0.1) is 0 Å². The molecule has 1 atom stereocenters. The van der Waals surface area contributed by atoms with Gasteiger partial charge in [-0.25, -0.2) is 14.8 Å². The van der Waals surface area contributed by atoms with Crippen molar-refractivity contribution in [2.24, 2.45) is 0 Å². The number of urea groups is 1. The highest BCUT2D eigenvalue weighted by Crippen LogP contribution is 2.25. The molecule has 2 N–H and O–H groups in total. The van der Waals surface area contributed by atoms with Gasteiger partial charge < -0.3 is 15.0 Å². The lowest BCUT2D eigenvalue weighted by Gasteiger charge is -2.31. The highest BCUT2D eigenvalue weighted by Gasteiger charge is 2.27. The smallest absolute Gasteiger partial charge is 0.317 e. The number of rotatable bonds is 2. The molecule has 126 valence electrons. The van der Waals surface area contributed by atoms with E-state index in [9.17, 15) is 4.79 Å². The molecule has 2 aromatic heterocycles. The zero-order valence-corrected chi connectivity index (χ0v) is 13.6. The first kappa shape index (κ1) is 14.9. The molecule has 1 aliphatic heterocycles. The Bertz CT molecular complexity index is 745. The van der Waals surface area contributed by atoms with E-state index in [4.69, 9.17) is 4.74 Å². The maximum absolute atomic E-state index is 12.6. The summed E-state index contributed by atoms with van der Waals surface area (Å²) in [7, 11) is 1.59. The van der Waals surface area contributed by atoms with Crippen LogP contribution in [0.1, 0.15) is 28.9 Å². The van der Waals surface area contributed by atoms with Gasteiger partial charge >= 0.3 is 6.03 Å². The summed E-state index contributed by atoms with van der Waals surface area (Å²) in [6.07, 6.45) is 6.76. The van der Waals surface area contributed by atoms with Crippen molar-refractivity contribution in [3.8, 4) is 5.88 Å². The number of carbonyl (C=O) groups excluding carboxylic acids is 1. The number of fused-ring (bicyclic) bond motifs is 2. The van der Waals surface area contributed by atoms with E-state index >= 15 is 0 Å². The van der Waals surface area contributed by atoms with E-state index in [-0.39, 0.29) is 12.1 Å². The molecule has 3 heterocycles. The SMILES string of the molecule is COc1ncnc2c1CN(C(=O)NC1CCc3[nH]ncc3C1)CC2. The Morgan fingerprint density at radius 1 is 1.42 bits per heavy atom. The fourth-order valence-corrected chi connectivity index (χ4v) is 3.47. The fourth-order valence-electron chi connectivity index (χ4n) is 3.47. The summed E-state index contributed by atoms with van der Waals surface area (Å²) in [5.41, 5.74) is 4.26. The largest absolute Gasteiger partial charge is 0.481 e. The van der Waals surface area contributed by atoms with Crippen LogP contribution in [0.4, 0.5) is 4.79 Å². The molecule has 8 heteroatoms. The van der Waals surface area contributed by atoms with Gasteiger partial charge in [0.1, 0.15) is 6.33 Å². The van der Waals surface area contributed by atoms with Crippen LogP contribution >= 0.6 is 0 Å². The number of nitrogens with zero attached hydrogens (tertiary/aromatic N) is 4. The lowest BCUT2D eigenvalue weighted by molar-refractivity contribution is 0.185. The molecule has 0 saturated heterocycles. The number of methoxy groups -OCH3 is 1. The van der Waals surface area contributed by atoms with Crippen LogP contribution in [-0.4, -0.2) is 50.8 Å². The van der Waals surface area contributed by atoms with Gasteiger partial charge in [0.05, 0.1) is 31.1 Å². The van der Waals surface area contributed by atoms with Crippen molar-refractivity contribution in [3.05, 3.63) is 35.0 Å². The lowest BCUT2D eigenvalue weighted by atomic mass is 9.94. The van der Waals surface area contributed by atoms with E-state index in [2.05, 4.69) is 25.5 Å². The van der Waals surface area contributed by atoms with Gasteiger partial charge in [-0.1, -0.05) is 0 Å². The summed E-state index contributed by atoms with van der Waals surface area (Å²) in [6.45, 7) is 1.14. The van der Waals surface area contributed by atoms with Crippen molar-refractivity contribution in [1.82, 2.24) is 30.4 Å². The number of amides is 2. The highest BCUT2D eigenvalue weighted by molar-refractivity contribution is 5.75. The molecule has 1 aliphatic carbocycles. The van der Waals surface area contributed by atoms with Gasteiger partial charge in [-0.3, -0.25) is 5.10 Å². The molecule has 1 unspecified atom stereocenters. The molecular formula is C16H20N6O2. The standard InChI is InChI=1S/C16H20N6O2/c1-24-15-12-8-22(5-4-14(12)17-9-18-15)16(23)20-11-2-3-13-10(6-11)7-19-21-13/h7,9,11H,2-6,8H2,1H3,(H,19,21)(H,20,23). The molecule has 0 bridgehead atoms. The fraction of sp³-hybridized carbons (Fsp3) is 0.500.